The monoisotopic (exact) mass is 308 g/mol. The Morgan fingerprint density at radius 3 is 2.83 bits per heavy atom. The number of anilines is 1. The molecule has 0 spiro atoms. The predicted molar refractivity (Wildman–Crippen MR) is 71.0 cm³/mol. The van der Waals surface area contributed by atoms with E-state index >= 15 is 0 Å². The number of hydrogen-bond acceptors (Lipinski definition) is 2. The molecular weight excluding hydrogens is 299 g/mol. The molecule has 0 unspecified atom stereocenters. The van der Waals surface area contributed by atoms with Crippen molar-refractivity contribution in [3.05, 3.63) is 58.1 Å². The van der Waals surface area contributed by atoms with Gasteiger partial charge in [0.2, 0.25) is 0 Å². The summed E-state index contributed by atoms with van der Waals surface area (Å²) in [6, 6.07) is 7.80. The van der Waals surface area contributed by atoms with E-state index in [1.807, 2.05) is 0 Å². The average molecular weight is 309 g/mol. The smallest absolute Gasteiger partial charge is 0.256 e. The molecule has 3 nitrogen and oxygen atoms in total. The first-order valence-electron chi connectivity index (χ1n) is 5.26. The fraction of sp³-hybridized carbons (Fsp3) is 0.0769. The maximum Gasteiger partial charge on any atom is 0.256 e. The van der Waals surface area contributed by atoms with Crippen LogP contribution in [0.5, 0.6) is 0 Å². The van der Waals surface area contributed by atoms with Crippen LogP contribution in [0.25, 0.3) is 0 Å². The molecule has 1 aromatic heterocycles. The van der Waals surface area contributed by atoms with Crippen molar-refractivity contribution in [2.24, 2.45) is 0 Å². The fourth-order valence-electron chi connectivity index (χ4n) is 1.49. The van der Waals surface area contributed by atoms with Crippen LogP contribution in [-0.4, -0.2) is 10.9 Å². The summed E-state index contributed by atoms with van der Waals surface area (Å²) in [5.41, 5.74) is 1.57. The number of amides is 1. The van der Waals surface area contributed by atoms with Gasteiger partial charge in [-0.05, 0) is 47.1 Å². The molecule has 0 saturated carbocycles. The van der Waals surface area contributed by atoms with Crippen molar-refractivity contribution < 1.29 is 9.18 Å². The first-order valence-corrected chi connectivity index (χ1v) is 6.06. The van der Waals surface area contributed by atoms with E-state index in [-0.39, 0.29) is 15.9 Å². The molecule has 1 heterocycles. The van der Waals surface area contributed by atoms with Gasteiger partial charge in [0.1, 0.15) is 5.82 Å². The lowest BCUT2D eigenvalue weighted by Crippen LogP contribution is -2.14. The molecule has 0 fully saturated rings. The highest BCUT2D eigenvalue weighted by Gasteiger charge is 2.13. The minimum Gasteiger partial charge on any atom is -0.320 e. The number of hydrogen-bond donors (Lipinski definition) is 1. The SMILES string of the molecule is Cc1ncccc1NC(=O)c1cccc(F)c1Br. The highest BCUT2D eigenvalue weighted by molar-refractivity contribution is 9.10. The number of nitrogens with one attached hydrogen (secondary N) is 1. The molecule has 0 aliphatic carbocycles. The topological polar surface area (TPSA) is 42.0 Å². The van der Waals surface area contributed by atoms with E-state index in [9.17, 15) is 9.18 Å². The van der Waals surface area contributed by atoms with Gasteiger partial charge in [0.15, 0.2) is 0 Å². The van der Waals surface area contributed by atoms with Crippen molar-refractivity contribution in [3.8, 4) is 0 Å². The van der Waals surface area contributed by atoms with E-state index in [0.717, 1.165) is 0 Å². The Kier molecular flexibility index (Phi) is 3.72. The van der Waals surface area contributed by atoms with Crippen LogP contribution in [0.3, 0.4) is 0 Å². The van der Waals surface area contributed by atoms with Gasteiger partial charge in [-0.25, -0.2) is 4.39 Å². The first-order chi connectivity index (χ1) is 8.59. The van der Waals surface area contributed by atoms with Crippen LogP contribution in [0.2, 0.25) is 0 Å². The van der Waals surface area contributed by atoms with Crippen molar-refractivity contribution in [3.63, 3.8) is 0 Å². The molecule has 1 N–H and O–H groups in total. The normalized spacial score (nSPS) is 10.2. The third kappa shape index (κ3) is 2.56. The Morgan fingerprint density at radius 2 is 2.11 bits per heavy atom. The van der Waals surface area contributed by atoms with Crippen LogP contribution < -0.4 is 5.32 Å². The van der Waals surface area contributed by atoms with E-state index in [0.29, 0.717) is 11.4 Å². The molecule has 2 aromatic rings. The number of halogens is 2. The van der Waals surface area contributed by atoms with Crippen molar-refractivity contribution in [1.82, 2.24) is 4.98 Å². The zero-order chi connectivity index (χ0) is 13.1. The Balaban J connectivity index is 2.28. The molecule has 5 heteroatoms. The van der Waals surface area contributed by atoms with Gasteiger partial charge >= 0.3 is 0 Å². The van der Waals surface area contributed by atoms with Crippen molar-refractivity contribution >= 4 is 27.5 Å². The van der Waals surface area contributed by atoms with Crippen molar-refractivity contribution in [2.75, 3.05) is 5.32 Å². The number of aromatic nitrogens is 1. The summed E-state index contributed by atoms with van der Waals surface area (Å²) in [4.78, 5) is 16.1. The van der Waals surface area contributed by atoms with Crippen molar-refractivity contribution in [1.29, 1.82) is 0 Å². The van der Waals surface area contributed by atoms with Crippen LogP contribution in [0.1, 0.15) is 16.1 Å². The maximum absolute atomic E-state index is 13.3. The number of aryl methyl sites for hydroxylation is 1. The summed E-state index contributed by atoms with van der Waals surface area (Å²) in [7, 11) is 0. The molecule has 0 atom stereocenters. The van der Waals surface area contributed by atoms with E-state index in [2.05, 4.69) is 26.2 Å². The zero-order valence-corrected chi connectivity index (χ0v) is 11.2. The Labute approximate surface area is 112 Å². The number of rotatable bonds is 2. The molecule has 1 amide bonds. The molecule has 0 radical (unpaired) electrons. The second-order valence-corrected chi connectivity index (χ2v) is 4.48. The summed E-state index contributed by atoms with van der Waals surface area (Å²) in [6.07, 6.45) is 1.64. The molecule has 0 aliphatic heterocycles. The molecule has 2 rings (SSSR count). The molecule has 18 heavy (non-hydrogen) atoms. The fourth-order valence-corrected chi connectivity index (χ4v) is 1.93. The summed E-state index contributed by atoms with van der Waals surface area (Å²) >= 11 is 3.06. The average Bonchev–Trinajstić information content (AvgIpc) is 2.35. The summed E-state index contributed by atoms with van der Waals surface area (Å²) in [5.74, 6) is -0.844. The van der Waals surface area contributed by atoms with Gasteiger partial charge in [-0.2, -0.15) is 0 Å². The number of pyridine rings is 1. The Bertz CT molecular complexity index is 601. The van der Waals surface area contributed by atoms with Crippen LogP contribution in [0, 0.1) is 12.7 Å². The molecule has 1 aromatic carbocycles. The van der Waals surface area contributed by atoms with Gasteiger partial charge in [-0.1, -0.05) is 6.07 Å². The molecule has 0 aliphatic rings. The lowest BCUT2D eigenvalue weighted by Gasteiger charge is -2.08. The van der Waals surface area contributed by atoms with Crippen LogP contribution in [0.15, 0.2) is 41.0 Å². The minimum atomic E-state index is -0.467. The standard InChI is InChI=1S/C13H10BrFN2O/c1-8-11(6-3-7-16-8)17-13(18)9-4-2-5-10(15)12(9)14/h2-7H,1H3,(H,17,18). The van der Waals surface area contributed by atoms with Crippen LogP contribution in [0.4, 0.5) is 10.1 Å². The largest absolute Gasteiger partial charge is 0.320 e. The second-order valence-electron chi connectivity index (χ2n) is 3.69. The summed E-state index contributed by atoms with van der Waals surface area (Å²) in [6.45, 7) is 1.79. The van der Waals surface area contributed by atoms with E-state index < -0.39 is 5.82 Å². The quantitative estimate of drug-likeness (QED) is 0.922. The minimum absolute atomic E-state index is 0.157. The molecular formula is C13H10BrFN2O. The van der Waals surface area contributed by atoms with Crippen LogP contribution in [-0.2, 0) is 0 Å². The van der Waals surface area contributed by atoms with Crippen LogP contribution >= 0.6 is 15.9 Å². The Morgan fingerprint density at radius 1 is 1.33 bits per heavy atom. The second kappa shape index (κ2) is 5.27. The van der Waals surface area contributed by atoms with E-state index in [1.54, 1.807) is 31.3 Å². The van der Waals surface area contributed by atoms with Gasteiger partial charge in [-0.15, -0.1) is 0 Å². The van der Waals surface area contributed by atoms with Gasteiger partial charge in [0.25, 0.3) is 5.91 Å². The lowest BCUT2D eigenvalue weighted by molar-refractivity contribution is 0.102. The summed E-state index contributed by atoms with van der Waals surface area (Å²) in [5, 5.41) is 2.70. The molecule has 0 saturated heterocycles. The maximum atomic E-state index is 13.3. The van der Waals surface area contributed by atoms with Crippen molar-refractivity contribution in [2.45, 2.75) is 6.92 Å². The number of benzene rings is 1. The van der Waals surface area contributed by atoms with E-state index in [4.69, 9.17) is 0 Å². The van der Waals surface area contributed by atoms with E-state index in [1.165, 1.54) is 12.1 Å². The number of nitrogens with zero attached hydrogens (tertiary/aromatic N) is 1. The van der Waals surface area contributed by atoms with Gasteiger partial charge in [-0.3, -0.25) is 9.78 Å². The zero-order valence-electron chi connectivity index (χ0n) is 9.58. The highest BCUT2D eigenvalue weighted by Crippen LogP contribution is 2.22. The first kappa shape index (κ1) is 12.7. The summed E-state index contributed by atoms with van der Waals surface area (Å²) < 4.78 is 13.5. The predicted octanol–water partition coefficient (Wildman–Crippen LogP) is 3.54. The molecule has 92 valence electrons. The number of carbonyl (C=O) groups is 1. The Hall–Kier alpha value is -1.75. The highest BCUT2D eigenvalue weighted by atomic mass is 79.9. The number of carbonyl (C=O) groups excluding carboxylic acids is 1. The third-order valence-corrected chi connectivity index (χ3v) is 3.26. The lowest BCUT2D eigenvalue weighted by atomic mass is 10.2. The van der Waals surface area contributed by atoms with Gasteiger partial charge < -0.3 is 5.32 Å². The van der Waals surface area contributed by atoms with Gasteiger partial charge in [0, 0.05) is 6.20 Å². The molecule has 0 bridgehead atoms. The third-order valence-electron chi connectivity index (χ3n) is 2.45. The van der Waals surface area contributed by atoms with Gasteiger partial charge in [0.05, 0.1) is 21.4 Å².